The van der Waals surface area contributed by atoms with Crippen molar-refractivity contribution >= 4 is 29.4 Å². The van der Waals surface area contributed by atoms with Crippen LogP contribution in [0.2, 0.25) is 0 Å². The minimum atomic E-state index is -0.376. The average molecular weight is 449 g/mol. The van der Waals surface area contributed by atoms with Crippen LogP contribution < -0.4 is 10.1 Å². The Balaban J connectivity index is 1.43. The van der Waals surface area contributed by atoms with E-state index in [0.717, 1.165) is 22.8 Å². The number of carbonyl (C=O) groups excluding carboxylic acids is 2. The van der Waals surface area contributed by atoms with Gasteiger partial charge in [0.1, 0.15) is 16.9 Å². The van der Waals surface area contributed by atoms with E-state index in [0.29, 0.717) is 24.4 Å². The Morgan fingerprint density at radius 3 is 2.50 bits per heavy atom. The van der Waals surface area contributed by atoms with E-state index < -0.39 is 0 Å². The van der Waals surface area contributed by atoms with E-state index >= 15 is 0 Å². The number of esters is 1. The number of para-hydroxylation sites is 1. The van der Waals surface area contributed by atoms with Gasteiger partial charge in [-0.1, -0.05) is 30.3 Å². The van der Waals surface area contributed by atoms with Crippen molar-refractivity contribution in [1.29, 1.82) is 0 Å². The first-order chi connectivity index (χ1) is 15.6. The third kappa shape index (κ3) is 5.23. The average Bonchev–Trinajstić information content (AvgIpc) is 3.31. The molecule has 3 aromatic carbocycles. The highest BCUT2D eigenvalue weighted by atomic mass is 32.2. The molecular formula is C25H24N2O4S. The first-order valence-corrected chi connectivity index (χ1v) is 11.5. The molecule has 0 aromatic heterocycles. The summed E-state index contributed by atoms with van der Waals surface area (Å²) in [7, 11) is 0. The molecule has 1 saturated heterocycles. The van der Waals surface area contributed by atoms with Crippen molar-refractivity contribution in [3.8, 4) is 11.5 Å². The van der Waals surface area contributed by atoms with Crippen LogP contribution in [-0.2, 0) is 4.74 Å². The van der Waals surface area contributed by atoms with E-state index in [9.17, 15) is 9.59 Å². The molecule has 0 spiro atoms. The summed E-state index contributed by atoms with van der Waals surface area (Å²) in [6, 6.07) is 24.0. The molecule has 1 fully saturated rings. The van der Waals surface area contributed by atoms with Crippen LogP contribution in [0, 0.1) is 0 Å². The number of hydrogen-bond donors (Lipinski definition) is 1. The summed E-state index contributed by atoms with van der Waals surface area (Å²) in [6.45, 7) is 2.73. The maximum Gasteiger partial charge on any atom is 0.338 e. The number of thioether (sulfide) groups is 1. The summed E-state index contributed by atoms with van der Waals surface area (Å²) in [5, 5.41) is 2.82. The number of amides is 2. The highest BCUT2D eigenvalue weighted by molar-refractivity contribution is 7.99. The molecule has 0 bridgehead atoms. The maximum absolute atomic E-state index is 13.0. The molecule has 7 heteroatoms. The van der Waals surface area contributed by atoms with Crippen LogP contribution in [0.25, 0.3) is 0 Å². The number of nitrogens with one attached hydrogen (secondary N) is 1. The van der Waals surface area contributed by atoms with Gasteiger partial charge in [-0.25, -0.2) is 9.59 Å². The van der Waals surface area contributed by atoms with E-state index in [1.165, 1.54) is 0 Å². The zero-order chi connectivity index (χ0) is 22.3. The number of anilines is 1. The molecular weight excluding hydrogens is 424 g/mol. The Kier molecular flexibility index (Phi) is 6.97. The largest absolute Gasteiger partial charge is 0.462 e. The topological polar surface area (TPSA) is 67.9 Å². The molecule has 1 atom stereocenters. The highest BCUT2D eigenvalue weighted by Crippen LogP contribution is 2.39. The number of carbonyl (C=O) groups is 2. The highest BCUT2D eigenvalue weighted by Gasteiger charge is 2.31. The van der Waals surface area contributed by atoms with Gasteiger partial charge in [-0.3, -0.25) is 0 Å². The smallest absolute Gasteiger partial charge is 0.338 e. The zero-order valence-electron chi connectivity index (χ0n) is 17.7. The van der Waals surface area contributed by atoms with Gasteiger partial charge in [0.05, 0.1) is 12.2 Å². The maximum atomic E-state index is 13.0. The summed E-state index contributed by atoms with van der Waals surface area (Å²) >= 11 is 1.72. The fourth-order valence-electron chi connectivity index (χ4n) is 3.41. The number of rotatable bonds is 6. The SMILES string of the molecule is CCOC(=O)c1ccc(NC(=O)N2CCSC2c2cccc(Oc3ccccc3)c2)cc1. The van der Waals surface area contributed by atoms with Crippen LogP contribution in [0.5, 0.6) is 11.5 Å². The molecule has 1 unspecified atom stereocenters. The number of benzene rings is 3. The standard InChI is InChI=1S/C25H24N2O4S/c1-2-30-24(28)18-11-13-20(14-12-18)26-25(29)27-15-16-32-23(27)19-7-6-10-22(17-19)31-21-8-4-3-5-9-21/h3-14,17,23H,2,15-16H2,1H3,(H,26,29). The van der Waals surface area contributed by atoms with Gasteiger partial charge < -0.3 is 19.7 Å². The Hall–Kier alpha value is -3.45. The first kappa shape index (κ1) is 21.8. The van der Waals surface area contributed by atoms with Crippen molar-refractivity contribution in [1.82, 2.24) is 4.90 Å². The van der Waals surface area contributed by atoms with E-state index in [4.69, 9.17) is 9.47 Å². The van der Waals surface area contributed by atoms with Gasteiger partial charge in [0.25, 0.3) is 0 Å². The molecule has 164 valence electrons. The summed E-state index contributed by atoms with van der Waals surface area (Å²) < 4.78 is 10.9. The molecule has 3 aromatic rings. The number of hydrogen-bond acceptors (Lipinski definition) is 5. The monoisotopic (exact) mass is 448 g/mol. The molecule has 32 heavy (non-hydrogen) atoms. The molecule has 1 aliphatic heterocycles. The lowest BCUT2D eigenvalue weighted by Crippen LogP contribution is -2.34. The zero-order valence-corrected chi connectivity index (χ0v) is 18.5. The van der Waals surface area contributed by atoms with Crippen LogP contribution in [0.4, 0.5) is 10.5 Å². The van der Waals surface area contributed by atoms with Crippen molar-refractivity contribution in [2.45, 2.75) is 12.3 Å². The molecule has 0 saturated carbocycles. The van der Waals surface area contributed by atoms with Gasteiger partial charge in [0.15, 0.2) is 0 Å². The van der Waals surface area contributed by atoms with Gasteiger partial charge in [-0.15, -0.1) is 11.8 Å². The molecule has 2 amide bonds. The first-order valence-electron chi connectivity index (χ1n) is 10.4. The van der Waals surface area contributed by atoms with Crippen molar-refractivity contribution < 1.29 is 19.1 Å². The molecule has 0 aliphatic carbocycles. The van der Waals surface area contributed by atoms with E-state index in [1.807, 2.05) is 59.5 Å². The molecule has 0 radical (unpaired) electrons. The quantitative estimate of drug-likeness (QED) is 0.473. The Bertz CT molecular complexity index is 1070. The number of ether oxygens (including phenoxy) is 2. The second kappa shape index (κ2) is 10.2. The van der Waals surface area contributed by atoms with Crippen LogP contribution in [0.1, 0.15) is 28.2 Å². The van der Waals surface area contributed by atoms with Gasteiger partial charge in [-0.05, 0) is 61.0 Å². The van der Waals surface area contributed by atoms with Crippen molar-refractivity contribution in [2.75, 3.05) is 24.2 Å². The summed E-state index contributed by atoms with van der Waals surface area (Å²) in [5.74, 6) is 1.98. The molecule has 6 nitrogen and oxygen atoms in total. The Morgan fingerprint density at radius 1 is 1.00 bits per heavy atom. The van der Waals surface area contributed by atoms with Crippen LogP contribution in [0.15, 0.2) is 78.9 Å². The van der Waals surface area contributed by atoms with Crippen molar-refractivity contribution in [2.24, 2.45) is 0 Å². The van der Waals surface area contributed by atoms with Crippen molar-refractivity contribution in [3.05, 3.63) is 90.0 Å². The lowest BCUT2D eigenvalue weighted by Gasteiger charge is -2.25. The summed E-state index contributed by atoms with van der Waals surface area (Å²) in [4.78, 5) is 26.6. The molecule has 1 heterocycles. The third-order valence-corrected chi connectivity index (χ3v) is 6.18. The molecule has 1 aliphatic rings. The van der Waals surface area contributed by atoms with Crippen molar-refractivity contribution in [3.63, 3.8) is 0 Å². The predicted octanol–water partition coefficient (Wildman–Crippen LogP) is 5.94. The Morgan fingerprint density at radius 2 is 1.75 bits per heavy atom. The van der Waals surface area contributed by atoms with Gasteiger partial charge in [0, 0.05) is 18.0 Å². The van der Waals surface area contributed by atoms with E-state index in [2.05, 4.69) is 5.32 Å². The summed E-state index contributed by atoms with van der Waals surface area (Å²) in [5.41, 5.74) is 2.09. The van der Waals surface area contributed by atoms with E-state index in [1.54, 1.807) is 43.0 Å². The lowest BCUT2D eigenvalue weighted by molar-refractivity contribution is 0.0526. The Labute approximate surface area is 191 Å². The minimum absolute atomic E-state index is 0.104. The fraction of sp³-hybridized carbons (Fsp3) is 0.200. The molecule has 4 rings (SSSR count). The number of urea groups is 1. The second-order valence-electron chi connectivity index (χ2n) is 7.13. The molecule has 1 N–H and O–H groups in total. The van der Waals surface area contributed by atoms with Gasteiger partial charge >= 0.3 is 12.0 Å². The normalized spacial score (nSPS) is 15.3. The summed E-state index contributed by atoms with van der Waals surface area (Å²) in [6.07, 6.45) is 0. The minimum Gasteiger partial charge on any atom is -0.462 e. The second-order valence-corrected chi connectivity index (χ2v) is 8.32. The van der Waals surface area contributed by atoms with E-state index in [-0.39, 0.29) is 17.4 Å². The van der Waals surface area contributed by atoms with Gasteiger partial charge in [0.2, 0.25) is 0 Å². The van der Waals surface area contributed by atoms with Crippen LogP contribution in [0.3, 0.4) is 0 Å². The predicted molar refractivity (Wildman–Crippen MR) is 126 cm³/mol. The number of nitrogens with zero attached hydrogens (tertiary/aromatic N) is 1. The lowest BCUT2D eigenvalue weighted by atomic mass is 10.2. The fourth-order valence-corrected chi connectivity index (χ4v) is 4.66. The third-order valence-electron chi connectivity index (χ3n) is 4.92. The van der Waals surface area contributed by atoms with Crippen LogP contribution >= 0.6 is 11.8 Å². The van der Waals surface area contributed by atoms with Gasteiger partial charge in [-0.2, -0.15) is 0 Å². The van der Waals surface area contributed by atoms with Crippen LogP contribution in [-0.4, -0.2) is 35.8 Å².